The van der Waals surface area contributed by atoms with Crippen molar-refractivity contribution in [2.45, 2.75) is 18.4 Å². The second kappa shape index (κ2) is 10.3. The van der Waals surface area contributed by atoms with Gasteiger partial charge < -0.3 is 25.0 Å². The van der Waals surface area contributed by atoms with Crippen molar-refractivity contribution in [3.05, 3.63) is 45.6 Å². The van der Waals surface area contributed by atoms with Crippen molar-refractivity contribution < 1.29 is 19.1 Å². The number of aliphatic imine (C=N–C) groups is 1. The van der Waals surface area contributed by atoms with Gasteiger partial charge in [-0.2, -0.15) is 10.3 Å². The highest BCUT2D eigenvalue weighted by Crippen LogP contribution is 2.26. The lowest BCUT2D eigenvalue weighted by Gasteiger charge is -2.27. The van der Waals surface area contributed by atoms with Gasteiger partial charge in [-0.05, 0) is 36.4 Å². The molecule has 2 aliphatic heterocycles. The molecule has 0 bridgehead atoms. The molecule has 172 valence electrons. The molecular weight excluding hydrogens is 466 g/mol. The van der Waals surface area contributed by atoms with Crippen molar-refractivity contribution in [1.29, 1.82) is 5.26 Å². The fourth-order valence-corrected chi connectivity index (χ4v) is 4.67. The van der Waals surface area contributed by atoms with Crippen molar-refractivity contribution in [1.82, 2.24) is 5.32 Å². The number of halogens is 1. The summed E-state index contributed by atoms with van der Waals surface area (Å²) in [5, 5.41) is 14.7. The van der Waals surface area contributed by atoms with E-state index in [0.29, 0.717) is 59.9 Å². The SMILES string of the molecule is N#CN=C1CCOCCN1c1ccc(NC(=O)C2(NC(=O)c3ccc(Cl)s3)CCOC2)cc1. The first kappa shape index (κ1) is 23.2. The van der Waals surface area contributed by atoms with Crippen molar-refractivity contribution in [3.8, 4) is 6.19 Å². The largest absolute Gasteiger partial charge is 0.379 e. The molecule has 0 aliphatic carbocycles. The van der Waals surface area contributed by atoms with Crippen LogP contribution in [0.15, 0.2) is 41.4 Å². The Bertz CT molecular complexity index is 1090. The Morgan fingerprint density at radius 1 is 1.15 bits per heavy atom. The molecule has 1 aromatic carbocycles. The number of amides is 2. The van der Waals surface area contributed by atoms with Gasteiger partial charge in [0.05, 0.1) is 29.0 Å². The monoisotopic (exact) mass is 487 g/mol. The number of anilines is 2. The Kier molecular flexibility index (Phi) is 7.25. The number of ether oxygens (including phenoxy) is 2. The van der Waals surface area contributed by atoms with E-state index in [4.69, 9.17) is 26.3 Å². The van der Waals surface area contributed by atoms with Gasteiger partial charge in [-0.15, -0.1) is 11.3 Å². The smallest absolute Gasteiger partial charge is 0.262 e. The minimum absolute atomic E-state index is 0.0868. The van der Waals surface area contributed by atoms with Crippen LogP contribution in [0.3, 0.4) is 0 Å². The summed E-state index contributed by atoms with van der Waals surface area (Å²) in [5.41, 5.74) is 0.253. The van der Waals surface area contributed by atoms with Gasteiger partial charge >= 0.3 is 0 Å². The molecule has 0 saturated carbocycles. The van der Waals surface area contributed by atoms with Crippen molar-refractivity contribution in [2.24, 2.45) is 4.99 Å². The lowest BCUT2D eigenvalue weighted by molar-refractivity contribution is -0.122. The number of hydrogen-bond donors (Lipinski definition) is 2. The minimum Gasteiger partial charge on any atom is -0.379 e. The summed E-state index contributed by atoms with van der Waals surface area (Å²) >= 11 is 7.08. The molecule has 1 atom stereocenters. The van der Waals surface area contributed by atoms with Crippen LogP contribution in [0.1, 0.15) is 22.5 Å². The predicted molar refractivity (Wildman–Crippen MR) is 126 cm³/mol. The van der Waals surface area contributed by atoms with Gasteiger partial charge in [-0.25, -0.2) is 0 Å². The highest BCUT2D eigenvalue weighted by atomic mass is 35.5. The third-order valence-corrected chi connectivity index (χ3v) is 6.69. The molecule has 3 heterocycles. The molecule has 2 fully saturated rings. The second-order valence-electron chi connectivity index (χ2n) is 7.59. The lowest BCUT2D eigenvalue weighted by Crippen LogP contribution is -2.57. The maximum Gasteiger partial charge on any atom is 0.262 e. The molecule has 9 nitrogen and oxygen atoms in total. The van der Waals surface area contributed by atoms with Crippen LogP contribution in [0.5, 0.6) is 0 Å². The molecule has 0 spiro atoms. The van der Waals surface area contributed by atoms with Gasteiger partial charge in [0, 0.05) is 37.4 Å². The first-order valence-corrected chi connectivity index (χ1v) is 11.6. The summed E-state index contributed by atoms with van der Waals surface area (Å²) in [6.07, 6.45) is 2.76. The van der Waals surface area contributed by atoms with E-state index in [1.54, 1.807) is 24.3 Å². The van der Waals surface area contributed by atoms with Gasteiger partial charge in [-0.3, -0.25) is 9.59 Å². The zero-order chi connectivity index (χ0) is 23.3. The molecule has 2 aliphatic rings. The molecular formula is C22H22ClN5O4S. The quantitative estimate of drug-likeness (QED) is 0.626. The Morgan fingerprint density at radius 2 is 1.97 bits per heavy atom. The Hall–Kier alpha value is -2.97. The van der Waals surface area contributed by atoms with Crippen molar-refractivity contribution in [2.75, 3.05) is 43.2 Å². The van der Waals surface area contributed by atoms with Gasteiger partial charge in [0.15, 0.2) is 0 Å². The van der Waals surface area contributed by atoms with Gasteiger partial charge in [0.25, 0.3) is 11.8 Å². The van der Waals surface area contributed by atoms with Crippen LogP contribution in [0, 0.1) is 11.5 Å². The van der Waals surface area contributed by atoms with Crippen molar-refractivity contribution >= 4 is 52.0 Å². The van der Waals surface area contributed by atoms with Crippen LogP contribution in [0.25, 0.3) is 0 Å². The van der Waals surface area contributed by atoms with Gasteiger partial charge in [0.2, 0.25) is 6.19 Å². The molecule has 0 radical (unpaired) electrons. The number of nitrogens with one attached hydrogen (secondary N) is 2. The number of carbonyl (C=O) groups excluding carboxylic acids is 2. The van der Waals surface area contributed by atoms with E-state index in [1.807, 2.05) is 23.2 Å². The highest BCUT2D eigenvalue weighted by Gasteiger charge is 2.44. The molecule has 4 rings (SSSR count). The maximum atomic E-state index is 13.2. The summed E-state index contributed by atoms with van der Waals surface area (Å²) in [5.74, 6) is -0.0699. The number of nitrogens with zero attached hydrogens (tertiary/aromatic N) is 3. The summed E-state index contributed by atoms with van der Waals surface area (Å²) < 4.78 is 11.4. The average molecular weight is 488 g/mol. The molecule has 1 aromatic heterocycles. The van der Waals surface area contributed by atoms with Crippen molar-refractivity contribution in [3.63, 3.8) is 0 Å². The Balaban J connectivity index is 1.47. The molecule has 2 N–H and O–H groups in total. The zero-order valence-electron chi connectivity index (χ0n) is 17.7. The standard InChI is InChI=1S/C22H22ClN5O4S/c23-18-6-5-17(33-18)20(29)27-22(8-11-32-13-22)21(30)26-15-1-3-16(4-2-15)28-9-12-31-10-7-19(28)25-14-24/h1-6H,7-13H2,(H,26,30)(H,27,29). The van der Waals surface area contributed by atoms with E-state index < -0.39 is 5.54 Å². The Labute approximate surface area is 199 Å². The number of rotatable bonds is 5. The van der Waals surface area contributed by atoms with Crippen LogP contribution < -0.4 is 15.5 Å². The zero-order valence-corrected chi connectivity index (χ0v) is 19.2. The van der Waals surface area contributed by atoms with Crippen LogP contribution >= 0.6 is 22.9 Å². The fraction of sp³-hybridized carbons (Fsp3) is 0.364. The highest BCUT2D eigenvalue weighted by molar-refractivity contribution is 7.18. The second-order valence-corrected chi connectivity index (χ2v) is 9.30. The average Bonchev–Trinajstić information content (AvgIpc) is 3.40. The minimum atomic E-state index is -1.17. The summed E-state index contributed by atoms with van der Waals surface area (Å²) in [7, 11) is 0. The van der Waals surface area contributed by atoms with Crippen LogP contribution in [-0.2, 0) is 14.3 Å². The van der Waals surface area contributed by atoms with E-state index in [-0.39, 0.29) is 18.4 Å². The van der Waals surface area contributed by atoms with Gasteiger partial charge in [-0.1, -0.05) is 11.6 Å². The third kappa shape index (κ3) is 5.34. The molecule has 2 amide bonds. The molecule has 11 heteroatoms. The number of thiophene rings is 1. The number of hydrogen-bond acceptors (Lipinski definition) is 7. The first-order valence-electron chi connectivity index (χ1n) is 10.4. The van der Waals surface area contributed by atoms with E-state index in [0.717, 1.165) is 17.0 Å². The van der Waals surface area contributed by atoms with E-state index in [2.05, 4.69) is 15.6 Å². The summed E-state index contributed by atoms with van der Waals surface area (Å²) in [4.78, 5) is 32.1. The third-order valence-electron chi connectivity index (χ3n) is 5.46. The molecule has 33 heavy (non-hydrogen) atoms. The molecule has 2 aromatic rings. The normalized spacial score (nSPS) is 21.9. The maximum absolute atomic E-state index is 13.2. The predicted octanol–water partition coefficient (Wildman–Crippen LogP) is 3.04. The summed E-state index contributed by atoms with van der Waals surface area (Å²) in [6.45, 7) is 2.07. The number of carbonyl (C=O) groups is 2. The van der Waals surface area contributed by atoms with Crippen LogP contribution in [0.2, 0.25) is 4.34 Å². The van der Waals surface area contributed by atoms with E-state index in [9.17, 15) is 9.59 Å². The fourth-order valence-electron chi connectivity index (χ4n) is 3.73. The number of amidine groups is 1. The topological polar surface area (TPSA) is 116 Å². The van der Waals surface area contributed by atoms with E-state index >= 15 is 0 Å². The van der Waals surface area contributed by atoms with Crippen LogP contribution in [-0.4, -0.2) is 56.2 Å². The van der Waals surface area contributed by atoms with Gasteiger partial charge in [0.1, 0.15) is 11.4 Å². The van der Waals surface area contributed by atoms with Crippen LogP contribution in [0.4, 0.5) is 11.4 Å². The number of benzene rings is 1. The summed E-state index contributed by atoms with van der Waals surface area (Å²) in [6, 6.07) is 10.5. The first-order chi connectivity index (χ1) is 16.0. The lowest BCUT2D eigenvalue weighted by atomic mass is 9.97. The van der Waals surface area contributed by atoms with E-state index in [1.165, 1.54) is 0 Å². The molecule has 2 saturated heterocycles. The number of nitriles is 1. The molecule has 1 unspecified atom stereocenters. The Morgan fingerprint density at radius 3 is 2.64 bits per heavy atom.